The van der Waals surface area contributed by atoms with Gasteiger partial charge in [0, 0.05) is 19.3 Å². The summed E-state index contributed by atoms with van der Waals surface area (Å²) in [7, 11) is -9.78. The van der Waals surface area contributed by atoms with E-state index < -0.39 is 91.5 Å². The van der Waals surface area contributed by atoms with Crippen LogP contribution in [0.25, 0.3) is 0 Å². The molecule has 0 aliphatic heterocycles. The SMILES string of the molecule is CC/C=C\C/C=C\C/C=C\C/C=C\C/C=C\CCCC(=O)OCC(COP(=O)(O)OCC(O)COP(=O)(O)OCC(O)COC(=O)CCCCCCCC/C=C\C/C=C\C/C=C\CCCCC)OC(=O)CCCCCCCCCCCCCCC. The van der Waals surface area contributed by atoms with Crippen LogP contribution >= 0.6 is 15.6 Å². The molecular formula is C67H116O16P2. The highest BCUT2D eigenvalue weighted by Crippen LogP contribution is 2.45. The van der Waals surface area contributed by atoms with Crippen molar-refractivity contribution in [1.29, 1.82) is 0 Å². The normalized spacial score (nSPS) is 15.0. The van der Waals surface area contributed by atoms with Crippen LogP contribution in [-0.4, -0.2) is 95.9 Å². The summed E-state index contributed by atoms with van der Waals surface area (Å²) >= 11 is 0. The predicted molar refractivity (Wildman–Crippen MR) is 344 cm³/mol. The van der Waals surface area contributed by atoms with Gasteiger partial charge in [0.05, 0.1) is 26.4 Å². The van der Waals surface area contributed by atoms with Gasteiger partial charge in [-0.05, 0) is 96.3 Å². The van der Waals surface area contributed by atoms with Gasteiger partial charge in [0.25, 0.3) is 0 Å². The zero-order valence-electron chi connectivity index (χ0n) is 52.8. The number of carbonyl (C=O) groups is 3. The van der Waals surface area contributed by atoms with Crippen LogP contribution in [-0.2, 0) is 55.8 Å². The van der Waals surface area contributed by atoms with Gasteiger partial charge < -0.3 is 34.2 Å². The lowest BCUT2D eigenvalue weighted by Gasteiger charge is -2.21. The van der Waals surface area contributed by atoms with Crippen molar-refractivity contribution in [2.45, 2.75) is 270 Å². The molecule has 0 aliphatic carbocycles. The second kappa shape index (κ2) is 60.7. The van der Waals surface area contributed by atoms with Crippen molar-refractivity contribution in [1.82, 2.24) is 0 Å². The number of unbranched alkanes of at least 4 members (excludes halogenated alkanes) is 22. The van der Waals surface area contributed by atoms with E-state index in [1.165, 1.54) is 77.0 Å². The van der Waals surface area contributed by atoms with E-state index in [2.05, 4.69) is 106 Å². The minimum Gasteiger partial charge on any atom is -0.463 e. The van der Waals surface area contributed by atoms with E-state index in [0.717, 1.165) is 109 Å². The fourth-order valence-electron chi connectivity index (χ4n) is 8.32. The first-order valence-electron chi connectivity index (χ1n) is 32.5. The van der Waals surface area contributed by atoms with Crippen molar-refractivity contribution in [3.63, 3.8) is 0 Å². The predicted octanol–water partition coefficient (Wildman–Crippen LogP) is 17.5. The Labute approximate surface area is 514 Å². The first-order valence-corrected chi connectivity index (χ1v) is 35.5. The maximum absolute atomic E-state index is 12.9. The molecule has 0 aromatic carbocycles. The zero-order chi connectivity index (χ0) is 62.4. The van der Waals surface area contributed by atoms with Crippen LogP contribution in [0, 0.1) is 0 Å². The van der Waals surface area contributed by atoms with E-state index in [9.17, 15) is 43.5 Å². The first-order chi connectivity index (χ1) is 41.2. The molecule has 0 heterocycles. The van der Waals surface area contributed by atoms with Crippen molar-refractivity contribution in [2.24, 2.45) is 0 Å². The molecule has 0 aromatic rings. The van der Waals surface area contributed by atoms with E-state index in [-0.39, 0.29) is 19.3 Å². The van der Waals surface area contributed by atoms with Crippen LogP contribution in [0.5, 0.6) is 0 Å². The Morgan fingerprint density at radius 1 is 0.341 bits per heavy atom. The molecule has 18 heteroatoms. The Hall–Kier alpha value is -3.53. The number of rotatable bonds is 61. The van der Waals surface area contributed by atoms with Gasteiger partial charge in [0.2, 0.25) is 0 Å². The molecule has 490 valence electrons. The quantitative estimate of drug-likeness (QED) is 0.0146. The average Bonchev–Trinajstić information content (AvgIpc) is 3.51. The Morgan fingerprint density at radius 2 is 0.635 bits per heavy atom. The smallest absolute Gasteiger partial charge is 0.463 e. The van der Waals surface area contributed by atoms with E-state index in [1.54, 1.807) is 0 Å². The molecule has 85 heavy (non-hydrogen) atoms. The summed E-state index contributed by atoms with van der Waals surface area (Å²) in [4.78, 5) is 58.2. The molecule has 0 aromatic heterocycles. The number of allylic oxidation sites excluding steroid dienone is 16. The lowest BCUT2D eigenvalue weighted by molar-refractivity contribution is -0.161. The van der Waals surface area contributed by atoms with Gasteiger partial charge in [-0.1, -0.05) is 234 Å². The van der Waals surface area contributed by atoms with Gasteiger partial charge >= 0.3 is 33.6 Å². The highest BCUT2D eigenvalue weighted by Gasteiger charge is 2.29. The summed E-state index contributed by atoms with van der Waals surface area (Å²) in [5.41, 5.74) is 0. The number of aliphatic hydroxyl groups is 2. The van der Waals surface area contributed by atoms with Crippen LogP contribution in [0.4, 0.5) is 0 Å². The summed E-state index contributed by atoms with van der Waals surface area (Å²) in [6.07, 6.45) is 64.7. The second-order valence-corrected chi connectivity index (χ2v) is 24.4. The fourth-order valence-corrected chi connectivity index (χ4v) is 9.90. The van der Waals surface area contributed by atoms with E-state index in [4.69, 9.17) is 32.3 Å². The van der Waals surface area contributed by atoms with Crippen molar-refractivity contribution < 1.29 is 75.8 Å². The summed E-state index contributed by atoms with van der Waals surface area (Å²) in [5.74, 6) is -1.65. The molecule has 5 unspecified atom stereocenters. The second-order valence-electron chi connectivity index (χ2n) is 21.5. The number of hydrogen-bond donors (Lipinski definition) is 4. The van der Waals surface area contributed by atoms with Crippen molar-refractivity contribution >= 4 is 33.6 Å². The molecule has 4 N–H and O–H groups in total. The topological polar surface area (TPSA) is 231 Å². The van der Waals surface area contributed by atoms with Crippen LogP contribution in [0.3, 0.4) is 0 Å². The largest absolute Gasteiger partial charge is 0.472 e. The van der Waals surface area contributed by atoms with Crippen LogP contribution < -0.4 is 0 Å². The number of ether oxygens (including phenoxy) is 3. The van der Waals surface area contributed by atoms with Gasteiger partial charge in [-0.3, -0.25) is 32.5 Å². The van der Waals surface area contributed by atoms with Gasteiger partial charge in [-0.15, -0.1) is 0 Å². The molecule has 16 nitrogen and oxygen atoms in total. The van der Waals surface area contributed by atoms with Gasteiger partial charge in [-0.25, -0.2) is 9.13 Å². The number of carbonyl (C=O) groups excluding carboxylic acids is 3. The molecule has 5 atom stereocenters. The van der Waals surface area contributed by atoms with E-state index >= 15 is 0 Å². The lowest BCUT2D eigenvalue weighted by atomic mass is 10.0. The molecule has 0 bridgehead atoms. The Morgan fingerprint density at radius 3 is 1.06 bits per heavy atom. The van der Waals surface area contributed by atoms with Gasteiger partial charge in [0.1, 0.15) is 25.4 Å². The lowest BCUT2D eigenvalue weighted by Crippen LogP contribution is -2.30. The number of hydrogen-bond acceptors (Lipinski definition) is 14. The number of phosphoric acid groups is 2. The number of esters is 3. The van der Waals surface area contributed by atoms with Crippen LogP contribution in [0.2, 0.25) is 0 Å². The minimum atomic E-state index is -4.93. The molecule has 0 radical (unpaired) electrons. The molecule has 0 saturated heterocycles. The maximum Gasteiger partial charge on any atom is 0.472 e. The van der Waals surface area contributed by atoms with Gasteiger partial charge in [-0.2, -0.15) is 0 Å². The third kappa shape index (κ3) is 61.9. The van der Waals surface area contributed by atoms with Gasteiger partial charge in [0.15, 0.2) is 6.10 Å². The highest BCUT2D eigenvalue weighted by atomic mass is 31.2. The molecule has 0 amide bonds. The Bertz CT molecular complexity index is 1940. The number of phosphoric ester groups is 2. The molecular weight excluding hydrogens is 1120 g/mol. The fraction of sp³-hybridized carbons (Fsp3) is 0.716. The summed E-state index contributed by atoms with van der Waals surface area (Å²) < 4.78 is 60.7. The Kier molecular flexibility index (Phi) is 58.2. The molecule has 0 rings (SSSR count). The summed E-state index contributed by atoms with van der Waals surface area (Å²) in [6, 6.07) is 0. The summed E-state index contributed by atoms with van der Waals surface area (Å²) in [6.45, 7) is 2.44. The van der Waals surface area contributed by atoms with Crippen molar-refractivity contribution in [3.8, 4) is 0 Å². The van der Waals surface area contributed by atoms with E-state index in [1.807, 2.05) is 12.2 Å². The molecule has 0 aliphatic rings. The highest BCUT2D eigenvalue weighted by molar-refractivity contribution is 7.47. The molecule has 0 fully saturated rings. The van der Waals surface area contributed by atoms with Crippen molar-refractivity contribution in [2.75, 3.05) is 39.6 Å². The van der Waals surface area contributed by atoms with Crippen LogP contribution in [0.1, 0.15) is 252 Å². The Balaban J connectivity index is 4.71. The third-order valence-electron chi connectivity index (χ3n) is 13.3. The number of aliphatic hydroxyl groups excluding tert-OH is 2. The van der Waals surface area contributed by atoms with Crippen molar-refractivity contribution in [3.05, 3.63) is 97.2 Å². The standard InChI is InChI=1S/C67H116O16P2/c1-4-7-10-13-16-19-22-25-27-29-30-32-34-36-38-41-44-47-50-53-65(70)77-56-62(68)57-79-84(73,74)80-58-63(69)59-81-85(75,76)82-61-64(83-67(72)55-52-49-46-43-40-35-24-21-18-15-12-9-6-3)60-78-66(71)54-51-48-45-42-39-37-33-31-28-26-23-20-17-14-11-8-5-2/h8,11,16-17,19-20,25-28,30,32-33,37,42,45,62-64,68-69H,4-7,9-10,12-15,18,21-24,29,31,34-36,38-41,43-44,46-61H2,1-3H3,(H,73,74)(H,75,76)/b11-8-,19-16-,20-17-,27-25-,28-26-,32-30-,37-33-,45-42-. The third-order valence-corrected chi connectivity index (χ3v) is 15.2. The van der Waals surface area contributed by atoms with E-state index in [0.29, 0.717) is 25.7 Å². The average molecular weight is 1240 g/mol. The maximum atomic E-state index is 12.9. The zero-order valence-corrected chi connectivity index (χ0v) is 54.5. The first kappa shape index (κ1) is 81.5. The molecule has 0 saturated carbocycles. The minimum absolute atomic E-state index is 0.0922. The summed E-state index contributed by atoms with van der Waals surface area (Å²) in [5, 5.41) is 20.5. The van der Waals surface area contributed by atoms with Crippen LogP contribution in [0.15, 0.2) is 97.2 Å². The monoisotopic (exact) mass is 1240 g/mol. The molecule has 0 spiro atoms.